The molecule has 1 saturated carbocycles. The van der Waals surface area contributed by atoms with Crippen LogP contribution < -0.4 is 0 Å². The number of rotatable bonds is 5. The molecule has 0 aliphatic heterocycles. The van der Waals surface area contributed by atoms with Crippen molar-refractivity contribution >= 4 is 11.8 Å². The third-order valence-electron chi connectivity index (χ3n) is 3.78. The molecule has 1 fully saturated rings. The van der Waals surface area contributed by atoms with Gasteiger partial charge in [-0.2, -0.15) is 0 Å². The van der Waals surface area contributed by atoms with Crippen LogP contribution in [0.5, 0.6) is 0 Å². The van der Waals surface area contributed by atoms with Gasteiger partial charge in [0.2, 0.25) is 0 Å². The van der Waals surface area contributed by atoms with Gasteiger partial charge in [-0.15, -0.1) is 0 Å². The predicted octanol–water partition coefficient (Wildman–Crippen LogP) is 3.52. The summed E-state index contributed by atoms with van der Waals surface area (Å²) in [6.07, 6.45) is 13.4. The number of aromatic amines is 2. The molecule has 19 heavy (non-hydrogen) atoms. The molecule has 0 bridgehead atoms. The van der Waals surface area contributed by atoms with Crippen molar-refractivity contribution in [3.05, 3.63) is 30.1 Å². The van der Waals surface area contributed by atoms with Crippen LogP contribution in [-0.2, 0) is 6.42 Å². The normalized spacial score (nSPS) is 16.8. The average molecular weight is 276 g/mol. The van der Waals surface area contributed by atoms with E-state index >= 15 is 0 Å². The Bertz CT molecular complexity index is 485. The minimum atomic E-state index is 0.711. The smallest absolute Gasteiger partial charge is 0.165 e. The minimum Gasteiger partial charge on any atom is -0.348 e. The molecular formula is C14H20N4S. The van der Waals surface area contributed by atoms with Crippen molar-refractivity contribution in [1.29, 1.82) is 0 Å². The van der Waals surface area contributed by atoms with Crippen LogP contribution in [0.3, 0.4) is 0 Å². The predicted molar refractivity (Wildman–Crippen MR) is 77.4 cm³/mol. The van der Waals surface area contributed by atoms with Gasteiger partial charge in [-0.25, -0.2) is 9.97 Å². The van der Waals surface area contributed by atoms with Gasteiger partial charge in [0.05, 0.1) is 6.33 Å². The summed E-state index contributed by atoms with van der Waals surface area (Å²) >= 11 is 1.79. The highest BCUT2D eigenvalue weighted by atomic mass is 32.2. The van der Waals surface area contributed by atoms with E-state index in [4.69, 9.17) is 0 Å². The highest BCUT2D eigenvalue weighted by Gasteiger charge is 2.17. The summed E-state index contributed by atoms with van der Waals surface area (Å²) in [5.41, 5.74) is 2.52. The molecule has 0 spiro atoms. The number of nitrogens with one attached hydrogen (secondary N) is 2. The molecule has 1 aliphatic rings. The monoisotopic (exact) mass is 276 g/mol. The molecule has 2 heterocycles. The molecule has 3 rings (SSSR count). The Hall–Kier alpha value is -1.23. The quantitative estimate of drug-likeness (QED) is 0.822. The van der Waals surface area contributed by atoms with E-state index in [1.54, 1.807) is 18.1 Å². The Labute approximate surface area is 117 Å². The van der Waals surface area contributed by atoms with E-state index in [-0.39, 0.29) is 0 Å². The SMILES string of the molecule is c1ncc(CCSc2ncc(C3CCCCC3)[nH]2)[nH]1. The molecule has 0 radical (unpaired) electrons. The first-order valence-corrected chi connectivity index (χ1v) is 8.05. The van der Waals surface area contributed by atoms with Gasteiger partial charge < -0.3 is 9.97 Å². The lowest BCUT2D eigenvalue weighted by Crippen LogP contribution is -2.04. The lowest BCUT2D eigenvalue weighted by atomic mass is 9.87. The Kier molecular flexibility index (Phi) is 4.23. The Balaban J connectivity index is 1.50. The summed E-state index contributed by atoms with van der Waals surface area (Å²) in [5, 5.41) is 1.06. The highest BCUT2D eigenvalue weighted by molar-refractivity contribution is 7.99. The van der Waals surface area contributed by atoms with Gasteiger partial charge in [0.15, 0.2) is 5.16 Å². The zero-order valence-electron chi connectivity index (χ0n) is 11.1. The van der Waals surface area contributed by atoms with Gasteiger partial charge in [-0.1, -0.05) is 31.0 Å². The molecule has 5 heteroatoms. The lowest BCUT2D eigenvalue weighted by Gasteiger charge is -2.19. The first kappa shape index (κ1) is 12.8. The highest BCUT2D eigenvalue weighted by Crippen LogP contribution is 2.32. The van der Waals surface area contributed by atoms with E-state index in [1.807, 2.05) is 12.4 Å². The van der Waals surface area contributed by atoms with Gasteiger partial charge in [-0.3, -0.25) is 0 Å². The first-order chi connectivity index (χ1) is 9.42. The molecule has 0 aromatic carbocycles. The van der Waals surface area contributed by atoms with Crippen molar-refractivity contribution in [2.45, 2.75) is 49.6 Å². The van der Waals surface area contributed by atoms with Crippen LogP contribution in [0.25, 0.3) is 0 Å². The van der Waals surface area contributed by atoms with Gasteiger partial charge in [0.25, 0.3) is 0 Å². The number of aryl methyl sites for hydroxylation is 1. The second kappa shape index (κ2) is 6.28. The van der Waals surface area contributed by atoms with Crippen LogP contribution in [0.1, 0.15) is 49.4 Å². The maximum absolute atomic E-state index is 4.49. The summed E-state index contributed by atoms with van der Waals surface area (Å²) in [4.78, 5) is 15.1. The second-order valence-electron chi connectivity index (χ2n) is 5.15. The van der Waals surface area contributed by atoms with E-state index in [0.29, 0.717) is 5.92 Å². The lowest BCUT2D eigenvalue weighted by molar-refractivity contribution is 0.437. The molecule has 0 atom stereocenters. The van der Waals surface area contributed by atoms with Crippen molar-refractivity contribution in [2.24, 2.45) is 0 Å². The topological polar surface area (TPSA) is 57.4 Å². The molecule has 0 saturated heterocycles. The van der Waals surface area contributed by atoms with Crippen LogP contribution in [0.4, 0.5) is 0 Å². The molecule has 2 aromatic rings. The van der Waals surface area contributed by atoms with Gasteiger partial charge >= 0.3 is 0 Å². The maximum atomic E-state index is 4.49. The third-order valence-corrected chi connectivity index (χ3v) is 4.67. The van der Waals surface area contributed by atoms with Crippen molar-refractivity contribution < 1.29 is 0 Å². The standard InChI is InChI=1S/C14H20N4S/c1-2-4-11(5-3-1)13-9-16-14(18-13)19-7-6-12-8-15-10-17-12/h8-11H,1-7H2,(H,15,17)(H,16,18). The zero-order valence-corrected chi connectivity index (χ0v) is 11.9. The maximum Gasteiger partial charge on any atom is 0.165 e. The first-order valence-electron chi connectivity index (χ1n) is 7.07. The van der Waals surface area contributed by atoms with Crippen molar-refractivity contribution in [2.75, 3.05) is 5.75 Å². The molecule has 1 aliphatic carbocycles. The fraction of sp³-hybridized carbons (Fsp3) is 0.571. The van der Waals surface area contributed by atoms with Crippen molar-refractivity contribution in [3.8, 4) is 0 Å². The summed E-state index contributed by atoms with van der Waals surface area (Å²) in [6, 6.07) is 0. The van der Waals surface area contributed by atoms with Gasteiger partial charge in [0, 0.05) is 35.5 Å². The molecule has 4 nitrogen and oxygen atoms in total. The summed E-state index contributed by atoms with van der Waals surface area (Å²) in [5.74, 6) is 1.74. The van der Waals surface area contributed by atoms with Crippen molar-refractivity contribution in [1.82, 2.24) is 19.9 Å². The second-order valence-corrected chi connectivity index (χ2v) is 6.24. The largest absolute Gasteiger partial charge is 0.348 e. The molecule has 2 aromatic heterocycles. The number of imidazole rings is 2. The van der Waals surface area contributed by atoms with E-state index in [0.717, 1.165) is 17.3 Å². The fourth-order valence-corrected chi connectivity index (χ4v) is 3.52. The summed E-state index contributed by atoms with van der Waals surface area (Å²) in [6.45, 7) is 0. The molecule has 2 N–H and O–H groups in total. The van der Waals surface area contributed by atoms with Crippen LogP contribution in [0, 0.1) is 0 Å². The molecule has 102 valence electrons. The summed E-state index contributed by atoms with van der Waals surface area (Å²) < 4.78 is 0. The molecular weight excluding hydrogens is 256 g/mol. The number of hydrogen-bond acceptors (Lipinski definition) is 3. The minimum absolute atomic E-state index is 0.711. The van der Waals surface area contributed by atoms with E-state index in [2.05, 4.69) is 19.9 Å². The fourth-order valence-electron chi connectivity index (χ4n) is 2.69. The molecule has 0 amide bonds. The number of thioether (sulfide) groups is 1. The number of nitrogens with zero attached hydrogens (tertiary/aromatic N) is 2. The van der Waals surface area contributed by atoms with Crippen molar-refractivity contribution in [3.63, 3.8) is 0 Å². The van der Waals surface area contributed by atoms with E-state index < -0.39 is 0 Å². The Morgan fingerprint density at radius 3 is 2.89 bits per heavy atom. The van der Waals surface area contributed by atoms with Gasteiger partial charge in [-0.05, 0) is 19.3 Å². The zero-order chi connectivity index (χ0) is 12.9. The van der Waals surface area contributed by atoms with Crippen LogP contribution >= 0.6 is 11.8 Å². The summed E-state index contributed by atoms with van der Waals surface area (Å²) in [7, 11) is 0. The van der Waals surface area contributed by atoms with Gasteiger partial charge in [0.1, 0.15) is 0 Å². The number of H-pyrrole nitrogens is 2. The number of aromatic nitrogens is 4. The van der Waals surface area contributed by atoms with Crippen LogP contribution in [0.15, 0.2) is 23.9 Å². The Morgan fingerprint density at radius 1 is 1.21 bits per heavy atom. The molecule has 0 unspecified atom stereocenters. The number of hydrogen-bond donors (Lipinski definition) is 2. The third kappa shape index (κ3) is 3.41. The van der Waals surface area contributed by atoms with Crippen LogP contribution in [0.2, 0.25) is 0 Å². The average Bonchev–Trinajstić information content (AvgIpc) is 3.11. The van der Waals surface area contributed by atoms with E-state index in [9.17, 15) is 0 Å². The van der Waals surface area contributed by atoms with E-state index in [1.165, 1.54) is 43.5 Å². The Morgan fingerprint density at radius 2 is 2.11 bits per heavy atom. The van der Waals surface area contributed by atoms with Crippen LogP contribution in [-0.4, -0.2) is 25.7 Å².